The zero-order chi connectivity index (χ0) is 90.3. The topological polar surface area (TPSA) is 0 Å². The van der Waals surface area contributed by atoms with Gasteiger partial charge in [0.1, 0.15) is 0 Å². The molecule has 8 aliphatic rings. The average molecular weight is 1670 g/mol. The van der Waals surface area contributed by atoms with E-state index < -0.39 is 0 Å². The molecule has 0 spiro atoms. The number of rotatable bonds is 0. The standard InChI is InChI=1S/C17H18.6C16H16.C15H14/c1-10-11(2)13(4)17-15-8-6-5-7-14(15)9-16(17)12(10)3;1-10-4-6-14-13(8-10)9-16-12(3)11(2)5-7-15(14)16;1-10-4-6-13-9-15-12(3)11(2)5-7-14(15)16(13)8-10;1-10-7-8-14-13-6-4-5-11(2)15(13)9-16(14)12(10)3;1-10-7-8-14-15(12(10)3)9-13-6-4-5-11(2)16(13)14;1-10-8-16-14-7-5-4-6-13(14)9-15(16)12(3)11(10)2;1-10-8-11(2)16-14-7-5-4-6-13(14)9-15(16)12(10)3;1-10-7-8-14-13-6-4-3-5-12(13)9-15(14)11(10)2/h5-8H,9H2,1-4H3;6*4-8H,9H2,1-3H3;3-8H,9H2,1-2H3. The Morgan fingerprint density at radius 1 is 0.125 bits per heavy atom. The van der Waals surface area contributed by atoms with Crippen LogP contribution in [0.25, 0.3) is 89.0 Å². The summed E-state index contributed by atoms with van der Waals surface area (Å²) in [7, 11) is 0. The molecule has 128 heavy (non-hydrogen) atoms. The van der Waals surface area contributed by atoms with Gasteiger partial charge in [-0.3, -0.25) is 0 Å². The highest BCUT2D eigenvalue weighted by Crippen LogP contribution is 2.49. The van der Waals surface area contributed by atoms with E-state index in [0.29, 0.717) is 0 Å². The molecule has 640 valence electrons. The number of fused-ring (bicyclic) bond motifs is 24. The Kier molecular flexibility index (Phi) is 24.4. The van der Waals surface area contributed by atoms with Crippen LogP contribution in [0.5, 0.6) is 0 Å². The molecule has 0 N–H and O–H groups in total. The summed E-state index contributed by atoms with van der Waals surface area (Å²) in [5, 5.41) is 0. The van der Waals surface area contributed by atoms with E-state index in [0.717, 1.165) is 51.4 Å². The van der Waals surface area contributed by atoms with Crippen LogP contribution in [0, 0.1) is 166 Å². The zero-order valence-electron chi connectivity index (χ0n) is 80.8. The first-order valence-corrected chi connectivity index (χ1v) is 46.9. The van der Waals surface area contributed by atoms with Crippen molar-refractivity contribution >= 4 is 0 Å². The van der Waals surface area contributed by atoms with Gasteiger partial charge in [0, 0.05) is 0 Å². The van der Waals surface area contributed by atoms with E-state index >= 15 is 0 Å². The van der Waals surface area contributed by atoms with Gasteiger partial charge in [-0.05, 0) is 518 Å². The first-order valence-electron chi connectivity index (χ1n) is 46.9. The van der Waals surface area contributed by atoms with Gasteiger partial charge < -0.3 is 0 Å². The average Bonchev–Trinajstić information content (AvgIpc) is 1.65. The SMILES string of the molecule is Cc1c(C)c(C)c2c(c1C)Cc1ccccc1-2.Cc1cc(C)c2c(c1C)Cc1ccccc1-2.Cc1cc2c(c(C)c1C)Cc1ccccc1-2.Cc1ccc2c(c1)-c1ccc(C)c(C)c1C2.Cc1ccc2c(c1)Cc1c-2ccc(C)c1C.Cc1ccc2c(c1C)Cc1c(C)cccc1-2.Cc1ccc2c(c1C)Cc1cccc(C)c1-2.Cc1ccc2c(c1C)Cc1ccccc1-2. The molecular formula is C128H128. The molecule has 16 aromatic rings. The maximum absolute atomic E-state index is 2.35. The summed E-state index contributed by atoms with van der Waals surface area (Å²) in [6, 6.07) is 89.3. The Balaban J connectivity index is 0.000000103. The lowest BCUT2D eigenvalue weighted by atomic mass is 9.89. The molecule has 0 aliphatic heterocycles. The highest BCUT2D eigenvalue weighted by molar-refractivity contribution is 5.87. The van der Waals surface area contributed by atoms with Crippen LogP contribution >= 0.6 is 0 Å². The van der Waals surface area contributed by atoms with Gasteiger partial charge in [0.25, 0.3) is 0 Å². The summed E-state index contributed by atoms with van der Waals surface area (Å²) in [5.74, 6) is 0. The van der Waals surface area contributed by atoms with E-state index in [1.807, 2.05) is 0 Å². The maximum Gasteiger partial charge on any atom is -0.000810 e. The van der Waals surface area contributed by atoms with Crippen molar-refractivity contribution < 1.29 is 0 Å². The van der Waals surface area contributed by atoms with Crippen LogP contribution in [0.15, 0.2) is 243 Å². The van der Waals surface area contributed by atoms with Crippen molar-refractivity contribution in [1.82, 2.24) is 0 Å². The molecular weight excluding hydrogens is 1540 g/mol. The zero-order valence-corrected chi connectivity index (χ0v) is 80.8. The summed E-state index contributed by atoms with van der Waals surface area (Å²) < 4.78 is 0. The van der Waals surface area contributed by atoms with Crippen molar-refractivity contribution in [3.05, 3.63) is 465 Å². The lowest BCUT2D eigenvalue weighted by Gasteiger charge is -2.16. The molecule has 0 heteroatoms. The second kappa shape index (κ2) is 35.6. The van der Waals surface area contributed by atoms with E-state index in [-0.39, 0.29) is 0 Å². The highest BCUT2D eigenvalue weighted by atomic mass is 14.3. The fourth-order valence-corrected chi connectivity index (χ4v) is 22.0. The first-order chi connectivity index (χ1) is 61.4. The van der Waals surface area contributed by atoms with Crippen molar-refractivity contribution in [2.45, 2.75) is 218 Å². The number of hydrogen-bond acceptors (Lipinski definition) is 0. The van der Waals surface area contributed by atoms with Gasteiger partial charge in [0.15, 0.2) is 0 Å². The van der Waals surface area contributed by atoms with E-state index in [9.17, 15) is 0 Å². The molecule has 0 saturated carbocycles. The molecule has 16 aromatic carbocycles. The quantitative estimate of drug-likeness (QED) is 0.142. The molecule has 24 rings (SSSR count). The van der Waals surface area contributed by atoms with E-state index in [4.69, 9.17) is 0 Å². The minimum absolute atomic E-state index is 1.11. The summed E-state index contributed by atoms with van der Waals surface area (Å²) in [6.45, 7) is 53.4. The summed E-state index contributed by atoms with van der Waals surface area (Å²) in [6.07, 6.45) is 8.89. The third-order valence-corrected chi connectivity index (χ3v) is 31.2. The molecule has 0 saturated heterocycles. The third-order valence-electron chi connectivity index (χ3n) is 31.2. The van der Waals surface area contributed by atoms with Crippen LogP contribution < -0.4 is 0 Å². The Labute approximate surface area is 766 Å². The Bertz CT molecular complexity index is 7170. The van der Waals surface area contributed by atoms with Crippen LogP contribution in [0.3, 0.4) is 0 Å². The van der Waals surface area contributed by atoms with Crippen molar-refractivity contribution in [2.24, 2.45) is 0 Å². The molecule has 0 amide bonds. The smallest absolute Gasteiger partial charge is 0.000810 e. The summed E-state index contributed by atoms with van der Waals surface area (Å²) in [4.78, 5) is 0. The summed E-state index contributed by atoms with van der Waals surface area (Å²) in [5.41, 5.74) is 81.8. The van der Waals surface area contributed by atoms with Gasteiger partial charge in [-0.2, -0.15) is 0 Å². The normalized spacial score (nSPS) is 12.4. The van der Waals surface area contributed by atoms with Gasteiger partial charge >= 0.3 is 0 Å². The van der Waals surface area contributed by atoms with Crippen molar-refractivity contribution in [1.29, 1.82) is 0 Å². The van der Waals surface area contributed by atoms with Crippen molar-refractivity contribution in [3.8, 4) is 89.0 Å². The highest BCUT2D eigenvalue weighted by Gasteiger charge is 2.30. The Morgan fingerprint density at radius 2 is 0.445 bits per heavy atom. The van der Waals surface area contributed by atoms with Crippen LogP contribution in [0.2, 0.25) is 0 Å². The fourth-order valence-electron chi connectivity index (χ4n) is 22.0. The minimum atomic E-state index is 1.11. The largest absolute Gasteiger partial charge is 0.0619 e. The molecule has 0 fully saturated rings. The van der Waals surface area contributed by atoms with Crippen LogP contribution in [-0.2, 0) is 51.4 Å². The van der Waals surface area contributed by atoms with Gasteiger partial charge in [0.05, 0.1) is 0 Å². The second-order valence-corrected chi connectivity index (χ2v) is 38.6. The van der Waals surface area contributed by atoms with Crippen molar-refractivity contribution in [2.75, 3.05) is 0 Å². The molecule has 0 atom stereocenters. The predicted octanol–water partition coefficient (Wildman–Crippen LogP) is 33.5. The van der Waals surface area contributed by atoms with Gasteiger partial charge in [-0.25, -0.2) is 0 Å². The van der Waals surface area contributed by atoms with E-state index in [2.05, 4.69) is 409 Å². The van der Waals surface area contributed by atoms with Gasteiger partial charge in [-0.1, -0.05) is 254 Å². The Morgan fingerprint density at radius 3 is 0.992 bits per heavy atom. The van der Waals surface area contributed by atoms with Gasteiger partial charge in [0.2, 0.25) is 0 Å². The molecule has 8 aliphatic carbocycles. The van der Waals surface area contributed by atoms with Crippen LogP contribution in [0.4, 0.5) is 0 Å². The number of benzene rings is 16. The lowest BCUT2D eigenvalue weighted by molar-refractivity contribution is 1.15. The predicted molar refractivity (Wildman–Crippen MR) is 551 cm³/mol. The Hall–Kier alpha value is -12.5. The lowest BCUT2D eigenvalue weighted by Crippen LogP contribution is -1.98. The molecule has 0 heterocycles. The number of hydrogen-bond donors (Lipinski definition) is 0. The minimum Gasteiger partial charge on any atom is -0.0619 e. The molecule has 0 radical (unpaired) electrons. The molecule has 0 bridgehead atoms. The van der Waals surface area contributed by atoms with Crippen molar-refractivity contribution in [3.63, 3.8) is 0 Å². The second-order valence-electron chi connectivity index (χ2n) is 38.6. The third kappa shape index (κ3) is 16.1. The molecule has 0 nitrogen and oxygen atoms in total. The maximum atomic E-state index is 2.35. The molecule has 0 aromatic heterocycles. The van der Waals surface area contributed by atoms with E-state index in [1.54, 1.807) is 11.1 Å². The molecule has 0 unspecified atom stereocenters. The van der Waals surface area contributed by atoms with Crippen LogP contribution in [0.1, 0.15) is 223 Å². The first kappa shape index (κ1) is 87.6. The number of aryl methyl sites for hydroxylation is 12. The summed E-state index contributed by atoms with van der Waals surface area (Å²) >= 11 is 0. The van der Waals surface area contributed by atoms with Gasteiger partial charge in [-0.15, -0.1) is 0 Å². The van der Waals surface area contributed by atoms with Crippen LogP contribution in [-0.4, -0.2) is 0 Å². The monoisotopic (exact) mass is 1670 g/mol. The van der Waals surface area contributed by atoms with E-state index in [1.165, 1.54) is 300 Å². The fraction of sp³-hybridized carbons (Fsp3) is 0.250.